The minimum absolute atomic E-state index is 0.127. The highest BCUT2D eigenvalue weighted by atomic mass is 32.2. The molecule has 148 valence electrons. The second-order valence-corrected chi connectivity index (χ2v) is 9.94. The number of thioether (sulfide) groups is 1. The van der Waals surface area contributed by atoms with Crippen molar-refractivity contribution >= 4 is 34.0 Å². The van der Waals surface area contributed by atoms with E-state index in [2.05, 4.69) is 33.2 Å². The highest BCUT2D eigenvalue weighted by Crippen LogP contribution is 2.39. The van der Waals surface area contributed by atoms with Crippen LogP contribution in [0.25, 0.3) is 21.7 Å². The zero-order chi connectivity index (χ0) is 20.0. The molecule has 29 heavy (non-hydrogen) atoms. The summed E-state index contributed by atoms with van der Waals surface area (Å²) in [7, 11) is 0. The van der Waals surface area contributed by atoms with Crippen molar-refractivity contribution in [1.29, 1.82) is 0 Å². The number of thiophene rings is 1. The molecule has 0 fully saturated rings. The summed E-state index contributed by atoms with van der Waals surface area (Å²) in [6, 6.07) is 9.52. The SMILES string of the molecule is CC1CCc2sc(-c3nnc(SC(C)c4nc5ccccc5c(=O)[nH]4)o3)cc2C1. The molecule has 1 aliphatic carbocycles. The summed E-state index contributed by atoms with van der Waals surface area (Å²) in [5, 5.41) is 9.38. The number of H-pyrrole nitrogens is 1. The average molecular weight is 425 g/mol. The first kappa shape index (κ1) is 18.6. The van der Waals surface area contributed by atoms with Gasteiger partial charge in [0.25, 0.3) is 16.7 Å². The Balaban J connectivity index is 1.37. The fourth-order valence-corrected chi connectivity index (χ4v) is 5.54. The zero-order valence-corrected chi connectivity index (χ0v) is 17.8. The van der Waals surface area contributed by atoms with E-state index >= 15 is 0 Å². The third-order valence-corrected chi connectivity index (χ3v) is 7.41. The molecule has 4 aromatic rings. The van der Waals surface area contributed by atoms with Crippen LogP contribution in [0, 0.1) is 5.92 Å². The fourth-order valence-electron chi connectivity index (χ4n) is 3.67. The van der Waals surface area contributed by atoms with Gasteiger partial charge in [-0.1, -0.05) is 30.8 Å². The van der Waals surface area contributed by atoms with Crippen LogP contribution in [0.5, 0.6) is 0 Å². The van der Waals surface area contributed by atoms with E-state index in [9.17, 15) is 4.79 Å². The molecule has 0 aliphatic heterocycles. The Kier molecular flexibility index (Phi) is 4.75. The van der Waals surface area contributed by atoms with E-state index in [4.69, 9.17) is 4.42 Å². The lowest BCUT2D eigenvalue weighted by atomic mass is 9.90. The molecule has 1 aromatic carbocycles. The Labute approximate surface area is 175 Å². The second kappa shape index (κ2) is 7.42. The zero-order valence-electron chi connectivity index (χ0n) is 16.1. The van der Waals surface area contributed by atoms with Crippen molar-refractivity contribution in [2.45, 2.75) is 43.6 Å². The molecule has 0 radical (unpaired) electrons. The van der Waals surface area contributed by atoms with Gasteiger partial charge in [0.15, 0.2) is 0 Å². The third kappa shape index (κ3) is 3.62. The van der Waals surface area contributed by atoms with Gasteiger partial charge in [0.05, 0.1) is 21.0 Å². The molecule has 3 aromatic heterocycles. The number of aromatic nitrogens is 4. The van der Waals surface area contributed by atoms with Crippen molar-refractivity contribution in [2.24, 2.45) is 5.92 Å². The first-order chi connectivity index (χ1) is 14.1. The number of aromatic amines is 1. The molecule has 0 amide bonds. The lowest BCUT2D eigenvalue weighted by Crippen LogP contribution is -2.12. The predicted molar refractivity (Wildman–Crippen MR) is 115 cm³/mol. The van der Waals surface area contributed by atoms with E-state index in [-0.39, 0.29) is 10.8 Å². The third-order valence-electron chi connectivity index (χ3n) is 5.24. The van der Waals surface area contributed by atoms with Gasteiger partial charge in [-0.05, 0) is 55.9 Å². The van der Waals surface area contributed by atoms with Gasteiger partial charge < -0.3 is 9.40 Å². The number of rotatable bonds is 4. The van der Waals surface area contributed by atoms with Crippen molar-refractivity contribution in [2.75, 3.05) is 0 Å². The topological polar surface area (TPSA) is 84.7 Å². The van der Waals surface area contributed by atoms with Crippen molar-refractivity contribution in [3.8, 4) is 10.8 Å². The molecule has 5 rings (SSSR count). The van der Waals surface area contributed by atoms with Crippen molar-refractivity contribution < 1.29 is 4.42 Å². The van der Waals surface area contributed by atoms with Gasteiger partial charge >= 0.3 is 0 Å². The minimum atomic E-state index is -0.136. The molecule has 1 N–H and O–H groups in total. The van der Waals surface area contributed by atoms with Crippen molar-refractivity contribution in [3.05, 3.63) is 57.0 Å². The molecule has 3 heterocycles. The predicted octanol–water partition coefficient (Wildman–Crippen LogP) is 5.01. The fraction of sp³-hybridized carbons (Fsp3) is 0.333. The Morgan fingerprint density at radius 2 is 2.17 bits per heavy atom. The van der Waals surface area contributed by atoms with E-state index in [1.54, 1.807) is 17.4 Å². The number of hydrogen-bond donors (Lipinski definition) is 1. The van der Waals surface area contributed by atoms with Gasteiger partial charge in [-0.15, -0.1) is 21.5 Å². The molecule has 2 unspecified atom stereocenters. The standard InChI is InChI=1S/C21H20N4O2S2/c1-11-7-8-16-13(9-11)10-17(29-16)20-24-25-21(27-20)28-12(2)18-22-15-6-4-3-5-14(15)19(26)23-18/h3-6,10-12H,7-9H2,1-2H3,(H,22,23,26). The number of fused-ring (bicyclic) bond motifs is 2. The van der Waals surface area contributed by atoms with Gasteiger partial charge in [0.1, 0.15) is 5.82 Å². The normalized spacial score (nSPS) is 17.4. The van der Waals surface area contributed by atoms with Gasteiger partial charge in [-0.2, -0.15) is 0 Å². The molecule has 0 spiro atoms. The Morgan fingerprint density at radius 1 is 1.31 bits per heavy atom. The first-order valence-corrected chi connectivity index (χ1v) is 11.4. The number of nitrogens with one attached hydrogen (secondary N) is 1. The second-order valence-electron chi connectivity index (χ2n) is 7.51. The van der Waals surface area contributed by atoms with Gasteiger partial charge in [-0.25, -0.2) is 4.98 Å². The smallest absolute Gasteiger partial charge is 0.277 e. The lowest BCUT2D eigenvalue weighted by Gasteiger charge is -2.16. The van der Waals surface area contributed by atoms with Crippen LogP contribution < -0.4 is 5.56 Å². The van der Waals surface area contributed by atoms with Crippen LogP contribution in [0.3, 0.4) is 0 Å². The van der Waals surface area contributed by atoms with Crippen molar-refractivity contribution in [3.63, 3.8) is 0 Å². The molecule has 0 bridgehead atoms. The van der Waals surface area contributed by atoms with Crippen LogP contribution in [-0.2, 0) is 12.8 Å². The number of nitrogens with zero attached hydrogens (tertiary/aromatic N) is 3. The Bertz CT molecular complexity index is 1240. The molecule has 1 aliphatic rings. The summed E-state index contributed by atoms with van der Waals surface area (Å²) in [5.74, 6) is 1.89. The number of aryl methyl sites for hydroxylation is 1. The number of para-hydroxylation sites is 1. The van der Waals surface area contributed by atoms with Crippen LogP contribution in [0.1, 0.15) is 41.8 Å². The lowest BCUT2D eigenvalue weighted by molar-refractivity contribution is 0.465. The molecule has 0 saturated carbocycles. The van der Waals surface area contributed by atoms with Crippen LogP contribution in [0.4, 0.5) is 0 Å². The van der Waals surface area contributed by atoms with E-state index < -0.39 is 0 Å². The maximum atomic E-state index is 12.3. The van der Waals surface area contributed by atoms with E-state index in [1.807, 2.05) is 25.1 Å². The number of benzene rings is 1. The van der Waals surface area contributed by atoms with E-state index in [0.29, 0.717) is 27.8 Å². The van der Waals surface area contributed by atoms with Gasteiger partial charge in [0.2, 0.25) is 0 Å². The quantitative estimate of drug-likeness (QED) is 0.464. The molecule has 2 atom stereocenters. The monoisotopic (exact) mass is 424 g/mol. The maximum Gasteiger partial charge on any atom is 0.277 e. The van der Waals surface area contributed by atoms with Crippen LogP contribution in [0.2, 0.25) is 0 Å². The summed E-state index contributed by atoms with van der Waals surface area (Å²) in [6.45, 7) is 4.26. The first-order valence-electron chi connectivity index (χ1n) is 9.68. The van der Waals surface area contributed by atoms with E-state index in [0.717, 1.165) is 23.6 Å². The van der Waals surface area contributed by atoms with Crippen molar-refractivity contribution in [1.82, 2.24) is 20.2 Å². The summed E-state index contributed by atoms with van der Waals surface area (Å²) < 4.78 is 5.92. The minimum Gasteiger partial charge on any atom is -0.410 e. The maximum absolute atomic E-state index is 12.3. The van der Waals surface area contributed by atoms with Gasteiger partial charge in [-0.3, -0.25) is 4.79 Å². The average Bonchev–Trinajstić information content (AvgIpc) is 3.34. The van der Waals surface area contributed by atoms with Crippen LogP contribution in [-0.4, -0.2) is 20.2 Å². The Hall–Kier alpha value is -2.45. The number of hydrogen-bond acceptors (Lipinski definition) is 7. The molecular formula is C21H20N4O2S2. The Morgan fingerprint density at radius 3 is 3.07 bits per heavy atom. The largest absolute Gasteiger partial charge is 0.410 e. The molecule has 8 heteroatoms. The molecular weight excluding hydrogens is 404 g/mol. The summed E-state index contributed by atoms with van der Waals surface area (Å²) in [5.41, 5.74) is 1.97. The highest BCUT2D eigenvalue weighted by molar-refractivity contribution is 7.99. The van der Waals surface area contributed by atoms with E-state index in [1.165, 1.54) is 28.6 Å². The van der Waals surface area contributed by atoms with Crippen LogP contribution in [0.15, 0.2) is 44.8 Å². The van der Waals surface area contributed by atoms with Crippen LogP contribution >= 0.6 is 23.1 Å². The molecule has 0 saturated heterocycles. The summed E-state index contributed by atoms with van der Waals surface area (Å²) in [6.07, 6.45) is 3.50. The highest BCUT2D eigenvalue weighted by Gasteiger charge is 2.22. The van der Waals surface area contributed by atoms with Gasteiger partial charge in [0, 0.05) is 4.88 Å². The summed E-state index contributed by atoms with van der Waals surface area (Å²) in [4.78, 5) is 22.2. The summed E-state index contributed by atoms with van der Waals surface area (Å²) >= 11 is 3.15. The molecule has 6 nitrogen and oxygen atoms in total.